The zero-order valence-electron chi connectivity index (χ0n) is 66.8. The molecule has 6 heterocycles. The van der Waals surface area contributed by atoms with Gasteiger partial charge in [0.15, 0.2) is 0 Å². The summed E-state index contributed by atoms with van der Waals surface area (Å²) >= 11 is 0.250. The minimum atomic E-state index is -1.50. The van der Waals surface area contributed by atoms with Crippen LogP contribution in [0, 0.1) is 73.1 Å². The number of carboxylic acids is 3. The molecule has 3 amide bonds. The van der Waals surface area contributed by atoms with E-state index in [2.05, 4.69) is 16.0 Å². The van der Waals surface area contributed by atoms with Gasteiger partial charge in [0.25, 0.3) is 34.4 Å². The highest BCUT2D eigenvalue weighted by Gasteiger charge is 2.34. The number of hydrogen-bond acceptors (Lipinski definition) is 13. The van der Waals surface area contributed by atoms with Gasteiger partial charge in [0.1, 0.15) is 87.2 Å². The van der Waals surface area contributed by atoms with Crippen molar-refractivity contribution in [3.8, 4) is 33.4 Å². The number of ether oxygens (including phenoxy) is 3. The van der Waals surface area contributed by atoms with Crippen molar-refractivity contribution in [1.82, 2.24) is 29.7 Å². The number of nitrogens with zero attached hydrogens (tertiary/aromatic N) is 3. The van der Waals surface area contributed by atoms with Crippen molar-refractivity contribution in [2.24, 2.45) is 21.1 Å². The third kappa shape index (κ3) is 18.4. The number of aliphatic carboxylic acids is 3. The van der Waals surface area contributed by atoms with Gasteiger partial charge in [-0.2, -0.15) is 3.89 Å². The molecule has 0 spiro atoms. The molecule has 21 nitrogen and oxygen atoms in total. The number of hydrogen-bond donors (Lipinski definition) is 6. The molecule has 32 heteroatoms. The van der Waals surface area contributed by atoms with E-state index >= 15 is 0 Å². The lowest BCUT2D eigenvalue weighted by molar-refractivity contribution is -0.140. The number of rotatable bonds is 18. The minimum absolute atomic E-state index is 0.141. The number of carboxylic acid groups (broad SMARTS) is 3. The number of pyridine rings is 3. The zero-order valence-corrected chi connectivity index (χ0v) is 67.7. The molecule has 0 fully saturated rings. The number of halogens is 10. The first-order chi connectivity index (χ1) is 58.6. The van der Waals surface area contributed by atoms with Gasteiger partial charge in [-0.25, -0.2) is 53.9 Å². The summed E-state index contributed by atoms with van der Waals surface area (Å²) in [5, 5.41) is 37.9. The van der Waals surface area contributed by atoms with Crippen LogP contribution in [0.15, 0.2) is 160 Å². The molecule has 0 bridgehead atoms. The van der Waals surface area contributed by atoms with Crippen molar-refractivity contribution in [3.05, 3.63) is 312 Å². The van der Waals surface area contributed by atoms with Crippen LogP contribution in [-0.4, -0.2) is 109 Å². The van der Waals surface area contributed by atoms with Gasteiger partial charge in [-0.05, 0) is 214 Å². The maximum atomic E-state index is 14.1. The molecule has 3 aliphatic heterocycles. The summed E-state index contributed by atoms with van der Waals surface area (Å²) < 4.78 is 159. The molecule has 12 aromatic rings. The fourth-order valence-electron chi connectivity index (χ4n) is 16.0. The van der Waals surface area contributed by atoms with Gasteiger partial charge in [0.05, 0.1) is 72.9 Å². The summed E-state index contributed by atoms with van der Waals surface area (Å²) in [7, 11) is 4.86. The number of carbonyl (C=O) groups excluding carboxylic acids is 3. The average molecular weight is 1720 g/mol. The Morgan fingerprint density at radius 2 is 0.618 bits per heavy atom. The summed E-state index contributed by atoms with van der Waals surface area (Å²) in [5.74, 6) is -15.7. The van der Waals surface area contributed by atoms with E-state index in [-0.39, 0.29) is 67.9 Å². The first-order valence-corrected chi connectivity index (χ1v) is 39.4. The maximum absolute atomic E-state index is 14.1. The van der Waals surface area contributed by atoms with E-state index in [1.807, 2.05) is 0 Å². The number of fused-ring (bicyclic) bond motifs is 6. The van der Waals surface area contributed by atoms with E-state index in [0.29, 0.717) is 155 Å². The predicted molar refractivity (Wildman–Crippen MR) is 440 cm³/mol. The van der Waals surface area contributed by atoms with Crippen LogP contribution in [0.4, 0.5) is 43.4 Å². The number of aromatic nitrogens is 3. The molecule has 123 heavy (non-hydrogen) atoms. The largest absolute Gasteiger partial charge is 0.480 e. The zero-order chi connectivity index (χ0) is 88.9. The van der Waals surface area contributed by atoms with Gasteiger partial charge in [-0.15, -0.1) is 0 Å². The van der Waals surface area contributed by atoms with Crippen LogP contribution in [0.5, 0.6) is 0 Å². The number of amides is 3. The fraction of sp³-hybridized carbons (Fsp3) is 0.242. The second-order valence-electron chi connectivity index (χ2n) is 29.3. The molecule has 638 valence electrons. The Bertz CT molecular complexity index is 5830. The van der Waals surface area contributed by atoms with Crippen LogP contribution in [-0.2, 0) is 108 Å². The first-order valence-electron chi connectivity index (χ1n) is 38.3. The molecule has 3 aromatic heterocycles. The second-order valence-corrected chi connectivity index (χ2v) is 29.6. The van der Waals surface area contributed by atoms with Gasteiger partial charge in [0.2, 0.25) is 0 Å². The van der Waals surface area contributed by atoms with Crippen LogP contribution >= 0.6 is 12.1 Å². The number of carbonyl (C=O) groups is 6. The molecule has 6 N–H and O–H groups in total. The van der Waals surface area contributed by atoms with Crippen molar-refractivity contribution in [2.75, 3.05) is 26.1 Å². The monoisotopic (exact) mass is 1720 g/mol. The van der Waals surface area contributed by atoms with Crippen LogP contribution < -0.4 is 32.6 Å². The van der Waals surface area contributed by atoms with Crippen LogP contribution in [0.3, 0.4) is 0 Å². The first kappa shape index (κ1) is 89.2. The number of aryl methyl sites for hydroxylation is 6. The molecule has 0 saturated heterocycles. The quantitative estimate of drug-likeness (QED) is 0.0435. The molecular formula is C91H78F10N6O15S. The summed E-state index contributed by atoms with van der Waals surface area (Å²) in [6.45, 7) is 6.82. The van der Waals surface area contributed by atoms with Crippen LogP contribution in [0.2, 0.25) is 0 Å². The van der Waals surface area contributed by atoms with E-state index in [0.717, 1.165) is 71.3 Å². The lowest BCUT2D eigenvalue weighted by Gasteiger charge is -2.25. The molecule has 0 unspecified atom stereocenters. The van der Waals surface area contributed by atoms with Gasteiger partial charge < -0.3 is 59.2 Å². The third-order valence-corrected chi connectivity index (χ3v) is 22.1. The Kier molecular flexibility index (Phi) is 27.5. The third-order valence-electron chi connectivity index (χ3n) is 22.1. The van der Waals surface area contributed by atoms with E-state index in [1.54, 1.807) is 96.5 Å². The summed E-state index contributed by atoms with van der Waals surface area (Å²) in [5.41, 5.74) is 9.34. The lowest BCUT2D eigenvalue weighted by Crippen LogP contribution is -2.43. The summed E-state index contributed by atoms with van der Waals surface area (Å²) in [4.78, 5) is 115. The molecule has 3 aliphatic rings. The average Bonchev–Trinajstić information content (AvgIpc) is 0.752. The summed E-state index contributed by atoms with van der Waals surface area (Å²) in [6, 6.07) is 27.1. The highest BCUT2D eigenvalue weighted by molar-refractivity contribution is 7.93. The Hall–Kier alpha value is -13.0. The van der Waals surface area contributed by atoms with Gasteiger partial charge in [0, 0.05) is 75.0 Å². The standard InChI is InChI=1S/3C30H25F3N2O5.CH3FS/c3*1-15-20-13-17(31)7-9-25(20)35(2)29(37)26(15)19-8-6-16(21-14-40-11-10-18(19)21)12-24(30(38)39)34-28(36)27-22(32)4-3-5-23(27)33;1-3-2/h3*3-9,13,24H,10-12,14H2,1-2H3,(H,34,36)(H,38,39);1H3/t3*24-;/m000./s1. The normalized spacial score (nSPS) is 13.4. The smallest absolute Gasteiger partial charge is 0.326 e. The van der Waals surface area contributed by atoms with Crippen molar-refractivity contribution < 1.29 is 102 Å². The van der Waals surface area contributed by atoms with E-state index in [4.69, 9.17) is 14.2 Å². The van der Waals surface area contributed by atoms with Gasteiger partial charge >= 0.3 is 17.9 Å². The Morgan fingerprint density at radius 1 is 0.382 bits per heavy atom. The SMILES string of the molecule is CSF.Cc1c(-c2ccc(C[C@H](NC(=O)c3c(F)cccc3F)C(=O)O)c3c2CCOC3)c(=O)n(C)c2ccc(F)cc12.Cc1c(-c2ccc(C[C@H](NC(=O)c3c(F)cccc3F)C(=O)O)c3c2CCOC3)c(=O)n(C)c2ccc(F)cc12.Cc1c(-c2ccc(C[C@H](NC(=O)c3c(F)cccc3F)C(=O)O)c3c2CCOC3)c(=O)n(C)c2ccc(F)cc12. The molecule has 0 radical (unpaired) electrons. The summed E-state index contributed by atoms with van der Waals surface area (Å²) in [6.07, 6.45) is 2.11. The topological polar surface area (TPSA) is 293 Å². The van der Waals surface area contributed by atoms with Crippen LogP contribution in [0.1, 0.15) is 97.8 Å². The second kappa shape index (κ2) is 37.9. The Morgan fingerprint density at radius 3 is 0.846 bits per heavy atom. The molecule has 15 rings (SSSR count). The molecule has 9 aromatic carbocycles. The molecular weight excluding hydrogens is 1640 g/mol. The Balaban J connectivity index is 0.000000166. The molecule has 0 saturated carbocycles. The van der Waals surface area contributed by atoms with Gasteiger partial charge in [-0.1, -0.05) is 54.6 Å². The predicted octanol–water partition coefficient (Wildman–Crippen LogP) is 14.5. The van der Waals surface area contributed by atoms with E-state index < -0.39 is 123 Å². The number of nitrogens with one attached hydrogen (secondary N) is 3. The van der Waals surface area contributed by atoms with Crippen molar-refractivity contribution >= 4 is 80.5 Å². The van der Waals surface area contributed by atoms with Crippen molar-refractivity contribution in [2.45, 2.75) is 97.2 Å². The van der Waals surface area contributed by atoms with Crippen LogP contribution in [0.25, 0.3) is 66.1 Å². The van der Waals surface area contributed by atoms with E-state index in [9.17, 15) is 102 Å². The molecule has 0 aliphatic carbocycles. The lowest BCUT2D eigenvalue weighted by atomic mass is 9.86. The maximum Gasteiger partial charge on any atom is 0.326 e. The number of benzene rings is 9. The Labute approximate surface area is 698 Å². The van der Waals surface area contributed by atoms with Crippen molar-refractivity contribution in [3.63, 3.8) is 0 Å². The fourth-order valence-corrected chi connectivity index (χ4v) is 16.0. The highest BCUT2D eigenvalue weighted by Crippen LogP contribution is 2.40. The minimum Gasteiger partial charge on any atom is -0.480 e. The van der Waals surface area contributed by atoms with E-state index in [1.165, 1.54) is 56.4 Å². The molecule has 3 atom stereocenters. The highest BCUT2D eigenvalue weighted by atomic mass is 32.2. The van der Waals surface area contributed by atoms with Gasteiger partial charge in [-0.3, -0.25) is 28.8 Å². The van der Waals surface area contributed by atoms with Crippen molar-refractivity contribution in [1.29, 1.82) is 0 Å².